The SMILES string of the molecule is CCCNc1ccc(Cl)c(F)c1. The first-order valence-corrected chi connectivity index (χ1v) is 4.30. The van der Waals surface area contributed by atoms with Crippen molar-refractivity contribution in [1.29, 1.82) is 0 Å². The van der Waals surface area contributed by atoms with E-state index in [1.807, 2.05) is 0 Å². The van der Waals surface area contributed by atoms with Crippen molar-refractivity contribution in [3.63, 3.8) is 0 Å². The van der Waals surface area contributed by atoms with Crippen molar-refractivity contribution >= 4 is 17.3 Å². The molecule has 0 radical (unpaired) electrons. The van der Waals surface area contributed by atoms with Gasteiger partial charge >= 0.3 is 0 Å². The summed E-state index contributed by atoms with van der Waals surface area (Å²) in [6.45, 7) is 2.90. The molecule has 0 amide bonds. The zero-order chi connectivity index (χ0) is 8.97. The van der Waals surface area contributed by atoms with Crippen molar-refractivity contribution in [2.45, 2.75) is 13.3 Å². The Bertz CT molecular complexity index is 263. The number of rotatable bonds is 3. The van der Waals surface area contributed by atoms with Crippen LogP contribution in [0.1, 0.15) is 13.3 Å². The minimum atomic E-state index is -0.377. The molecular formula is C9H11ClFN. The summed E-state index contributed by atoms with van der Waals surface area (Å²) in [6.07, 6.45) is 1.02. The summed E-state index contributed by atoms with van der Waals surface area (Å²) in [6, 6.07) is 4.72. The van der Waals surface area contributed by atoms with Gasteiger partial charge in [-0.3, -0.25) is 0 Å². The average molecular weight is 188 g/mol. The van der Waals surface area contributed by atoms with Crippen LogP contribution in [0.15, 0.2) is 18.2 Å². The van der Waals surface area contributed by atoms with Crippen LogP contribution in [0.2, 0.25) is 5.02 Å². The molecule has 0 aliphatic heterocycles. The van der Waals surface area contributed by atoms with Crippen LogP contribution in [-0.2, 0) is 0 Å². The summed E-state index contributed by atoms with van der Waals surface area (Å²) in [5.41, 5.74) is 0.777. The van der Waals surface area contributed by atoms with E-state index in [1.165, 1.54) is 6.07 Å². The normalized spacial score (nSPS) is 9.92. The number of anilines is 1. The molecule has 0 heterocycles. The first-order chi connectivity index (χ1) is 5.74. The molecule has 0 saturated heterocycles. The molecule has 1 rings (SSSR count). The maximum Gasteiger partial charge on any atom is 0.143 e. The van der Waals surface area contributed by atoms with Gasteiger partial charge in [0.05, 0.1) is 5.02 Å². The standard InChI is InChI=1S/C9H11ClFN/c1-2-5-12-7-3-4-8(10)9(11)6-7/h3-4,6,12H,2,5H2,1H3. The Morgan fingerprint density at radius 3 is 2.83 bits per heavy atom. The molecule has 12 heavy (non-hydrogen) atoms. The van der Waals surface area contributed by atoms with Gasteiger partial charge in [-0.1, -0.05) is 18.5 Å². The van der Waals surface area contributed by atoms with Gasteiger partial charge in [0, 0.05) is 12.2 Å². The number of hydrogen-bond acceptors (Lipinski definition) is 1. The van der Waals surface area contributed by atoms with Crippen molar-refractivity contribution in [1.82, 2.24) is 0 Å². The highest BCUT2D eigenvalue weighted by Gasteiger charge is 1.99. The van der Waals surface area contributed by atoms with Gasteiger partial charge in [-0.2, -0.15) is 0 Å². The lowest BCUT2D eigenvalue weighted by Crippen LogP contribution is -1.99. The highest BCUT2D eigenvalue weighted by atomic mass is 35.5. The molecule has 0 fully saturated rings. The quantitative estimate of drug-likeness (QED) is 0.766. The van der Waals surface area contributed by atoms with E-state index in [0.717, 1.165) is 18.7 Å². The van der Waals surface area contributed by atoms with Gasteiger partial charge < -0.3 is 5.32 Å². The van der Waals surface area contributed by atoms with Crippen LogP contribution in [0.25, 0.3) is 0 Å². The Kier molecular flexibility index (Phi) is 3.35. The molecule has 0 spiro atoms. The molecule has 0 aliphatic rings. The van der Waals surface area contributed by atoms with E-state index in [9.17, 15) is 4.39 Å². The summed E-state index contributed by atoms with van der Waals surface area (Å²) in [5, 5.41) is 3.23. The van der Waals surface area contributed by atoms with Crippen LogP contribution in [-0.4, -0.2) is 6.54 Å². The van der Waals surface area contributed by atoms with E-state index >= 15 is 0 Å². The monoisotopic (exact) mass is 187 g/mol. The van der Waals surface area contributed by atoms with E-state index in [-0.39, 0.29) is 10.8 Å². The Labute approximate surface area is 76.5 Å². The van der Waals surface area contributed by atoms with Gasteiger partial charge in [0.25, 0.3) is 0 Å². The van der Waals surface area contributed by atoms with Crippen LogP contribution in [0.3, 0.4) is 0 Å². The molecule has 1 aromatic rings. The third kappa shape index (κ3) is 2.38. The second kappa shape index (κ2) is 4.31. The second-order valence-electron chi connectivity index (χ2n) is 2.56. The van der Waals surface area contributed by atoms with Crippen molar-refractivity contribution in [2.24, 2.45) is 0 Å². The van der Waals surface area contributed by atoms with Crippen LogP contribution in [0, 0.1) is 5.82 Å². The molecule has 0 aliphatic carbocycles. The van der Waals surface area contributed by atoms with Gasteiger partial charge in [0.15, 0.2) is 0 Å². The first-order valence-electron chi connectivity index (χ1n) is 3.93. The van der Waals surface area contributed by atoms with Crippen LogP contribution in [0.5, 0.6) is 0 Å². The lowest BCUT2D eigenvalue weighted by molar-refractivity contribution is 0.628. The summed E-state index contributed by atoms with van der Waals surface area (Å²) >= 11 is 5.51. The van der Waals surface area contributed by atoms with Crippen LogP contribution >= 0.6 is 11.6 Å². The number of nitrogens with one attached hydrogen (secondary N) is 1. The van der Waals surface area contributed by atoms with Gasteiger partial charge in [0.2, 0.25) is 0 Å². The highest BCUT2D eigenvalue weighted by Crippen LogP contribution is 2.18. The summed E-state index contributed by atoms with van der Waals surface area (Å²) in [4.78, 5) is 0. The number of halogens is 2. The molecule has 0 unspecified atom stereocenters. The summed E-state index contributed by atoms with van der Waals surface area (Å²) < 4.78 is 12.8. The molecule has 1 nitrogen and oxygen atoms in total. The zero-order valence-electron chi connectivity index (χ0n) is 6.90. The van der Waals surface area contributed by atoms with Crippen molar-refractivity contribution in [3.8, 4) is 0 Å². The average Bonchev–Trinajstić information content (AvgIpc) is 2.07. The van der Waals surface area contributed by atoms with E-state index in [1.54, 1.807) is 12.1 Å². The molecule has 1 aromatic carbocycles. The Hall–Kier alpha value is -0.760. The fourth-order valence-corrected chi connectivity index (χ4v) is 0.993. The molecule has 0 aromatic heterocycles. The maximum absolute atomic E-state index is 12.8. The van der Waals surface area contributed by atoms with Crippen molar-refractivity contribution in [3.05, 3.63) is 29.0 Å². The van der Waals surface area contributed by atoms with E-state index in [4.69, 9.17) is 11.6 Å². The lowest BCUT2D eigenvalue weighted by Gasteiger charge is -2.04. The van der Waals surface area contributed by atoms with Gasteiger partial charge in [-0.05, 0) is 24.6 Å². The molecule has 0 atom stereocenters. The molecular weight excluding hydrogens is 177 g/mol. The van der Waals surface area contributed by atoms with Crippen LogP contribution in [0.4, 0.5) is 10.1 Å². The number of hydrogen-bond donors (Lipinski definition) is 1. The number of benzene rings is 1. The third-order valence-corrected chi connectivity index (χ3v) is 1.81. The molecule has 3 heteroatoms. The Balaban J connectivity index is 2.69. The predicted octanol–water partition coefficient (Wildman–Crippen LogP) is 3.30. The minimum absolute atomic E-state index is 0.164. The van der Waals surface area contributed by atoms with Gasteiger partial charge in [-0.25, -0.2) is 4.39 Å². The fourth-order valence-electron chi connectivity index (χ4n) is 0.875. The Morgan fingerprint density at radius 1 is 1.50 bits per heavy atom. The van der Waals surface area contributed by atoms with Crippen molar-refractivity contribution in [2.75, 3.05) is 11.9 Å². The Morgan fingerprint density at radius 2 is 2.25 bits per heavy atom. The zero-order valence-corrected chi connectivity index (χ0v) is 7.66. The summed E-state index contributed by atoms with van der Waals surface area (Å²) in [5.74, 6) is -0.377. The molecule has 0 saturated carbocycles. The molecule has 0 bridgehead atoms. The van der Waals surface area contributed by atoms with E-state index in [2.05, 4.69) is 12.2 Å². The lowest BCUT2D eigenvalue weighted by atomic mass is 10.3. The highest BCUT2D eigenvalue weighted by molar-refractivity contribution is 6.30. The van der Waals surface area contributed by atoms with E-state index in [0.29, 0.717) is 0 Å². The molecule has 66 valence electrons. The van der Waals surface area contributed by atoms with Gasteiger partial charge in [0.1, 0.15) is 5.82 Å². The first kappa shape index (κ1) is 9.33. The maximum atomic E-state index is 12.8. The summed E-state index contributed by atoms with van der Waals surface area (Å²) in [7, 11) is 0. The largest absolute Gasteiger partial charge is 0.385 e. The topological polar surface area (TPSA) is 12.0 Å². The minimum Gasteiger partial charge on any atom is -0.385 e. The predicted molar refractivity (Wildman–Crippen MR) is 50.2 cm³/mol. The smallest absolute Gasteiger partial charge is 0.143 e. The van der Waals surface area contributed by atoms with Gasteiger partial charge in [-0.15, -0.1) is 0 Å². The van der Waals surface area contributed by atoms with Crippen LogP contribution < -0.4 is 5.32 Å². The van der Waals surface area contributed by atoms with E-state index < -0.39 is 0 Å². The third-order valence-electron chi connectivity index (χ3n) is 1.50. The molecule has 1 N–H and O–H groups in total. The second-order valence-corrected chi connectivity index (χ2v) is 2.96. The van der Waals surface area contributed by atoms with Crippen molar-refractivity contribution < 1.29 is 4.39 Å². The fraction of sp³-hybridized carbons (Fsp3) is 0.333.